The molecule has 168 valence electrons. The van der Waals surface area contributed by atoms with E-state index in [9.17, 15) is 9.59 Å². The number of likely N-dealkylation sites (tertiary alicyclic amines) is 1. The Morgan fingerprint density at radius 3 is 2.58 bits per heavy atom. The number of hydrogen-bond donors (Lipinski definition) is 2. The van der Waals surface area contributed by atoms with E-state index >= 15 is 0 Å². The maximum absolute atomic E-state index is 12.2. The first kappa shape index (κ1) is 23.2. The number of carbonyl (C=O) groups excluding carboxylic acids is 2. The smallest absolute Gasteiger partial charge is 0.410 e. The summed E-state index contributed by atoms with van der Waals surface area (Å²) in [6.45, 7) is 9.34. The van der Waals surface area contributed by atoms with Crippen molar-refractivity contribution in [3.63, 3.8) is 0 Å². The minimum Gasteiger partial charge on any atom is -0.444 e. The zero-order chi connectivity index (χ0) is 22.4. The normalized spacial score (nSPS) is 16.4. The summed E-state index contributed by atoms with van der Waals surface area (Å²) < 4.78 is 5.46. The minimum atomic E-state index is -0.461. The van der Waals surface area contributed by atoms with Crippen molar-refractivity contribution in [3.8, 4) is 0 Å². The molecule has 1 unspecified atom stereocenters. The fourth-order valence-electron chi connectivity index (χ4n) is 3.41. The van der Waals surface area contributed by atoms with Gasteiger partial charge in [0.25, 0.3) is 0 Å². The number of aryl methyl sites for hydroxylation is 2. The maximum Gasteiger partial charge on any atom is 0.410 e. The molecule has 7 nitrogen and oxygen atoms in total. The van der Waals surface area contributed by atoms with E-state index in [1.165, 1.54) is 29.4 Å². The van der Waals surface area contributed by atoms with E-state index < -0.39 is 5.60 Å². The molecule has 2 heterocycles. The first-order valence-corrected chi connectivity index (χ1v) is 11.6. The Morgan fingerprint density at radius 2 is 1.90 bits per heavy atom. The van der Waals surface area contributed by atoms with Crippen LogP contribution in [0.4, 0.5) is 9.93 Å². The highest BCUT2D eigenvalue weighted by atomic mass is 32.1. The third kappa shape index (κ3) is 7.63. The van der Waals surface area contributed by atoms with Crippen molar-refractivity contribution in [3.05, 3.63) is 46.5 Å². The minimum absolute atomic E-state index is 0.0970. The number of ether oxygens (including phenoxy) is 1. The van der Waals surface area contributed by atoms with Crippen LogP contribution in [0.2, 0.25) is 0 Å². The van der Waals surface area contributed by atoms with E-state index in [2.05, 4.69) is 39.9 Å². The molecule has 1 aliphatic rings. The average molecular weight is 445 g/mol. The molecule has 1 aromatic heterocycles. The Kier molecular flexibility index (Phi) is 7.67. The van der Waals surface area contributed by atoms with Crippen LogP contribution in [-0.2, 0) is 28.9 Å². The Hall–Kier alpha value is -2.45. The number of carbonyl (C=O) groups is 2. The Balaban J connectivity index is 1.40. The van der Waals surface area contributed by atoms with Gasteiger partial charge in [0.05, 0.1) is 5.69 Å². The summed E-state index contributed by atoms with van der Waals surface area (Å²) >= 11 is 1.45. The number of thiazole rings is 1. The molecule has 0 aliphatic carbocycles. The highest BCUT2D eigenvalue weighted by Crippen LogP contribution is 2.18. The van der Waals surface area contributed by atoms with Crippen LogP contribution in [0.1, 0.15) is 50.9 Å². The first-order valence-electron chi connectivity index (χ1n) is 10.7. The molecule has 1 fully saturated rings. The van der Waals surface area contributed by atoms with E-state index in [1.54, 1.807) is 4.90 Å². The molecule has 2 N–H and O–H groups in total. The van der Waals surface area contributed by atoms with Gasteiger partial charge in [0.2, 0.25) is 5.91 Å². The van der Waals surface area contributed by atoms with E-state index in [0.717, 1.165) is 38.0 Å². The van der Waals surface area contributed by atoms with Gasteiger partial charge < -0.3 is 20.3 Å². The summed E-state index contributed by atoms with van der Waals surface area (Å²) in [5, 5.41) is 8.91. The molecule has 2 amide bonds. The monoisotopic (exact) mass is 444 g/mol. The van der Waals surface area contributed by atoms with Crippen molar-refractivity contribution in [1.82, 2.24) is 15.2 Å². The van der Waals surface area contributed by atoms with Crippen molar-refractivity contribution >= 4 is 28.5 Å². The molecule has 0 saturated carbocycles. The third-order valence-electron chi connectivity index (χ3n) is 4.96. The van der Waals surface area contributed by atoms with Crippen LogP contribution in [0.25, 0.3) is 0 Å². The predicted octanol–water partition coefficient (Wildman–Crippen LogP) is 3.99. The molecule has 0 spiro atoms. The number of hydrogen-bond acceptors (Lipinski definition) is 6. The molecule has 1 aliphatic heterocycles. The van der Waals surface area contributed by atoms with Gasteiger partial charge in [-0.25, -0.2) is 9.78 Å². The standard InChI is InChI=1S/C23H32N4O3S/c1-16(28)25-21-26-20(15-31-21)10-9-17-5-7-18(8-6-17)13-24-19-11-12-27(14-19)22(29)30-23(2,3)4/h5-8,15,19,24H,9-14H2,1-4H3,(H,25,26,28). The Morgan fingerprint density at radius 1 is 1.19 bits per heavy atom. The lowest BCUT2D eigenvalue weighted by atomic mass is 10.1. The summed E-state index contributed by atoms with van der Waals surface area (Å²) in [6, 6.07) is 8.88. The lowest BCUT2D eigenvalue weighted by molar-refractivity contribution is -0.114. The van der Waals surface area contributed by atoms with Gasteiger partial charge in [-0.15, -0.1) is 11.3 Å². The summed E-state index contributed by atoms with van der Waals surface area (Å²) in [5.74, 6) is -0.0970. The zero-order valence-electron chi connectivity index (χ0n) is 18.7. The largest absolute Gasteiger partial charge is 0.444 e. The SMILES string of the molecule is CC(=O)Nc1nc(CCc2ccc(CNC3CCN(C(=O)OC(C)(C)C)C3)cc2)cs1. The molecule has 1 saturated heterocycles. The number of aromatic nitrogens is 1. The lowest BCUT2D eigenvalue weighted by Crippen LogP contribution is -2.38. The summed E-state index contributed by atoms with van der Waals surface area (Å²) in [4.78, 5) is 29.5. The molecule has 8 heteroatoms. The van der Waals surface area contributed by atoms with Crippen LogP contribution in [0.5, 0.6) is 0 Å². The van der Waals surface area contributed by atoms with Crippen LogP contribution in [-0.4, -0.2) is 46.6 Å². The number of nitrogens with one attached hydrogen (secondary N) is 2. The van der Waals surface area contributed by atoms with Gasteiger partial charge in [0.15, 0.2) is 5.13 Å². The van der Waals surface area contributed by atoms with Crippen LogP contribution >= 0.6 is 11.3 Å². The van der Waals surface area contributed by atoms with Gasteiger partial charge in [-0.2, -0.15) is 0 Å². The summed E-state index contributed by atoms with van der Waals surface area (Å²) in [5.41, 5.74) is 3.02. The Bertz CT molecular complexity index is 889. The van der Waals surface area contributed by atoms with Gasteiger partial charge in [0.1, 0.15) is 5.60 Å². The quantitative estimate of drug-likeness (QED) is 0.675. The van der Waals surface area contributed by atoms with Gasteiger partial charge in [0, 0.05) is 38.0 Å². The van der Waals surface area contributed by atoms with Gasteiger partial charge >= 0.3 is 6.09 Å². The number of nitrogens with zero attached hydrogens (tertiary/aromatic N) is 2. The molecule has 1 atom stereocenters. The topological polar surface area (TPSA) is 83.6 Å². The summed E-state index contributed by atoms with van der Waals surface area (Å²) in [6.07, 6.45) is 2.46. The second-order valence-corrected chi connectivity index (χ2v) is 9.79. The molecule has 2 aromatic rings. The number of amides is 2. The van der Waals surface area contributed by atoms with E-state index in [1.807, 2.05) is 26.2 Å². The highest BCUT2D eigenvalue weighted by molar-refractivity contribution is 7.13. The second-order valence-electron chi connectivity index (χ2n) is 8.93. The van der Waals surface area contributed by atoms with Crippen LogP contribution in [0, 0.1) is 0 Å². The van der Waals surface area contributed by atoms with Crippen LogP contribution in [0.3, 0.4) is 0 Å². The van der Waals surface area contributed by atoms with Crippen molar-refractivity contribution < 1.29 is 14.3 Å². The number of anilines is 1. The van der Waals surface area contributed by atoms with E-state index in [0.29, 0.717) is 11.7 Å². The maximum atomic E-state index is 12.2. The molecule has 0 bridgehead atoms. The van der Waals surface area contributed by atoms with Gasteiger partial charge in [-0.1, -0.05) is 24.3 Å². The van der Waals surface area contributed by atoms with Crippen molar-refractivity contribution in [2.24, 2.45) is 0 Å². The zero-order valence-corrected chi connectivity index (χ0v) is 19.6. The van der Waals surface area contributed by atoms with E-state index in [-0.39, 0.29) is 18.0 Å². The predicted molar refractivity (Wildman–Crippen MR) is 123 cm³/mol. The van der Waals surface area contributed by atoms with Crippen molar-refractivity contribution in [2.75, 3.05) is 18.4 Å². The fourth-order valence-corrected chi connectivity index (χ4v) is 4.20. The number of benzene rings is 1. The highest BCUT2D eigenvalue weighted by Gasteiger charge is 2.29. The fraction of sp³-hybridized carbons (Fsp3) is 0.522. The molecule has 3 rings (SSSR count). The lowest BCUT2D eigenvalue weighted by Gasteiger charge is -2.24. The van der Waals surface area contributed by atoms with Gasteiger partial charge in [-0.3, -0.25) is 4.79 Å². The van der Waals surface area contributed by atoms with Crippen molar-refractivity contribution in [1.29, 1.82) is 0 Å². The number of rotatable bonds is 7. The molecule has 1 aromatic carbocycles. The van der Waals surface area contributed by atoms with Gasteiger partial charge in [-0.05, 0) is 51.2 Å². The molecular weight excluding hydrogens is 412 g/mol. The third-order valence-corrected chi connectivity index (χ3v) is 5.77. The summed E-state index contributed by atoms with van der Waals surface area (Å²) in [7, 11) is 0. The Labute approximate surface area is 188 Å². The molecule has 31 heavy (non-hydrogen) atoms. The molecule has 0 radical (unpaired) electrons. The van der Waals surface area contributed by atoms with Crippen LogP contribution in [0.15, 0.2) is 29.6 Å². The van der Waals surface area contributed by atoms with E-state index in [4.69, 9.17) is 4.74 Å². The average Bonchev–Trinajstić information content (AvgIpc) is 3.33. The molecular formula is C23H32N4O3S. The first-order chi connectivity index (χ1) is 14.7. The second kappa shape index (κ2) is 10.2. The van der Waals surface area contributed by atoms with Crippen molar-refractivity contribution in [2.45, 2.75) is 65.1 Å². The van der Waals surface area contributed by atoms with Crippen LogP contribution < -0.4 is 10.6 Å².